The highest BCUT2D eigenvalue weighted by atomic mass is 79.9. The van der Waals surface area contributed by atoms with Crippen LogP contribution < -0.4 is 5.32 Å². The quantitative estimate of drug-likeness (QED) is 0.647. The molecule has 3 heterocycles. The summed E-state index contributed by atoms with van der Waals surface area (Å²) >= 11 is 9.74. The number of anilines is 2. The third kappa shape index (κ3) is 3.47. The minimum absolute atomic E-state index is 0.503. The summed E-state index contributed by atoms with van der Waals surface area (Å²) in [6.07, 6.45) is 2.87. The van der Waals surface area contributed by atoms with Crippen molar-refractivity contribution in [3.8, 4) is 0 Å². The zero-order valence-corrected chi connectivity index (χ0v) is 15.6. The molecule has 0 radical (unpaired) electrons. The molecule has 1 aliphatic rings. The van der Waals surface area contributed by atoms with Crippen molar-refractivity contribution in [2.45, 2.75) is 12.7 Å². The van der Waals surface area contributed by atoms with Crippen molar-refractivity contribution in [1.29, 1.82) is 0 Å². The summed E-state index contributed by atoms with van der Waals surface area (Å²) in [6, 6.07) is 9.67. The van der Waals surface area contributed by atoms with Crippen molar-refractivity contribution in [1.82, 2.24) is 14.9 Å². The first kappa shape index (κ1) is 16.7. The van der Waals surface area contributed by atoms with E-state index in [0.29, 0.717) is 30.5 Å². The molecule has 0 aliphatic carbocycles. The first-order valence-corrected chi connectivity index (χ1v) is 9.08. The molecule has 25 heavy (non-hydrogen) atoms. The van der Waals surface area contributed by atoms with Crippen LogP contribution in [0.25, 0.3) is 10.9 Å². The lowest BCUT2D eigenvalue weighted by Crippen LogP contribution is -2.47. The van der Waals surface area contributed by atoms with E-state index in [1.54, 1.807) is 6.20 Å². The Hall–Kier alpha value is -1.76. The molecule has 0 spiro atoms. The molecule has 1 aromatic carbocycles. The van der Waals surface area contributed by atoms with Crippen LogP contribution in [0.4, 0.5) is 15.9 Å². The number of halogens is 3. The molecule has 1 saturated heterocycles. The van der Waals surface area contributed by atoms with Crippen molar-refractivity contribution in [3.63, 3.8) is 0 Å². The number of likely N-dealkylation sites (tertiary alicyclic amines) is 1. The van der Waals surface area contributed by atoms with Crippen LogP contribution in [0.5, 0.6) is 0 Å². The number of pyridine rings is 2. The van der Waals surface area contributed by atoms with Gasteiger partial charge in [0.1, 0.15) is 11.7 Å². The lowest BCUT2D eigenvalue weighted by Gasteiger charge is -2.34. The summed E-state index contributed by atoms with van der Waals surface area (Å²) in [7, 11) is 0. The monoisotopic (exact) mass is 420 g/mol. The number of benzene rings is 1. The van der Waals surface area contributed by atoms with Gasteiger partial charge in [-0.15, -0.1) is 0 Å². The Balaban J connectivity index is 1.62. The summed E-state index contributed by atoms with van der Waals surface area (Å²) in [4.78, 5) is 11.0. The van der Waals surface area contributed by atoms with Crippen LogP contribution in [0, 0.1) is 0 Å². The zero-order chi connectivity index (χ0) is 17.4. The maximum Gasteiger partial charge on any atom is 0.156 e. The van der Waals surface area contributed by atoms with E-state index in [9.17, 15) is 4.39 Å². The van der Waals surface area contributed by atoms with Crippen LogP contribution >= 0.6 is 27.5 Å². The Bertz CT molecular complexity index is 930. The minimum Gasteiger partial charge on any atom is -0.337 e. The van der Waals surface area contributed by atoms with Crippen LogP contribution in [0.15, 0.2) is 47.2 Å². The molecule has 1 fully saturated rings. The third-order valence-electron chi connectivity index (χ3n) is 4.18. The minimum atomic E-state index is -0.691. The van der Waals surface area contributed by atoms with Gasteiger partial charge in [0.05, 0.1) is 10.7 Å². The van der Waals surface area contributed by atoms with Crippen LogP contribution in [0.2, 0.25) is 5.02 Å². The Morgan fingerprint density at radius 2 is 2.12 bits per heavy atom. The summed E-state index contributed by atoms with van der Waals surface area (Å²) < 4.78 is 13.8. The number of nitrogens with zero attached hydrogens (tertiary/aromatic N) is 3. The van der Waals surface area contributed by atoms with Gasteiger partial charge < -0.3 is 5.32 Å². The Morgan fingerprint density at radius 3 is 2.92 bits per heavy atom. The smallest absolute Gasteiger partial charge is 0.156 e. The normalized spacial score (nSPS) is 15.3. The van der Waals surface area contributed by atoms with Gasteiger partial charge >= 0.3 is 0 Å². The van der Waals surface area contributed by atoms with Gasteiger partial charge in [-0.05, 0) is 45.8 Å². The molecule has 0 saturated carbocycles. The number of rotatable bonds is 4. The number of hydrogen-bond donors (Lipinski definition) is 1. The number of hydrogen-bond acceptors (Lipinski definition) is 4. The SMILES string of the molecule is FC1CN(Cc2cnc3c(Nc4cccc(Br)c4Cl)nccc3c2)C1. The molecular weight excluding hydrogens is 407 g/mol. The Kier molecular flexibility index (Phi) is 4.58. The number of fused-ring (bicyclic) bond motifs is 1. The standard InChI is InChI=1S/C18H15BrClFN4/c19-14-2-1-3-15(16(14)20)24-18-17-12(4-5-22-18)6-11(7-23-17)8-25-9-13(21)10-25/h1-7,13H,8-10H2,(H,22,24). The molecule has 0 amide bonds. The molecule has 7 heteroatoms. The first-order valence-electron chi connectivity index (χ1n) is 7.91. The molecule has 0 atom stereocenters. The molecule has 4 nitrogen and oxygen atoms in total. The average Bonchev–Trinajstić information content (AvgIpc) is 2.58. The molecule has 0 bridgehead atoms. The molecule has 0 unspecified atom stereocenters. The van der Waals surface area contributed by atoms with Gasteiger partial charge in [0.15, 0.2) is 5.82 Å². The van der Waals surface area contributed by atoms with E-state index < -0.39 is 6.17 Å². The van der Waals surface area contributed by atoms with E-state index in [4.69, 9.17) is 11.6 Å². The van der Waals surface area contributed by atoms with E-state index in [2.05, 4.69) is 42.2 Å². The fourth-order valence-electron chi connectivity index (χ4n) is 2.91. The highest BCUT2D eigenvalue weighted by Gasteiger charge is 2.25. The van der Waals surface area contributed by atoms with Gasteiger partial charge in [0.25, 0.3) is 0 Å². The number of alkyl halides is 1. The lowest BCUT2D eigenvalue weighted by atomic mass is 10.1. The fraction of sp³-hybridized carbons (Fsp3) is 0.222. The molecule has 128 valence electrons. The highest BCUT2D eigenvalue weighted by Crippen LogP contribution is 2.33. The maximum atomic E-state index is 13.0. The van der Waals surface area contributed by atoms with E-state index in [-0.39, 0.29) is 0 Å². The highest BCUT2D eigenvalue weighted by molar-refractivity contribution is 9.10. The second-order valence-corrected chi connectivity index (χ2v) is 7.32. The molecule has 2 aromatic heterocycles. The summed E-state index contributed by atoms with van der Waals surface area (Å²) in [5.41, 5.74) is 2.60. The zero-order valence-electron chi connectivity index (χ0n) is 13.2. The van der Waals surface area contributed by atoms with Gasteiger partial charge in [-0.25, -0.2) is 9.37 Å². The molecule has 1 N–H and O–H groups in total. The van der Waals surface area contributed by atoms with E-state index in [1.807, 2.05) is 30.5 Å². The van der Waals surface area contributed by atoms with Crippen LogP contribution in [-0.4, -0.2) is 34.1 Å². The first-order chi connectivity index (χ1) is 12.1. The summed E-state index contributed by atoms with van der Waals surface area (Å²) in [5, 5.41) is 4.83. The van der Waals surface area contributed by atoms with Crippen molar-refractivity contribution in [2.75, 3.05) is 18.4 Å². The van der Waals surface area contributed by atoms with Crippen LogP contribution in [-0.2, 0) is 6.54 Å². The maximum absolute atomic E-state index is 13.0. The van der Waals surface area contributed by atoms with Gasteiger partial charge in [-0.2, -0.15) is 0 Å². The van der Waals surface area contributed by atoms with Gasteiger partial charge in [0.2, 0.25) is 0 Å². The Labute approximate surface area is 158 Å². The largest absolute Gasteiger partial charge is 0.337 e. The van der Waals surface area contributed by atoms with Crippen molar-refractivity contribution < 1.29 is 4.39 Å². The second kappa shape index (κ2) is 6.86. The molecular formula is C18H15BrClFN4. The molecule has 3 aromatic rings. The second-order valence-electron chi connectivity index (χ2n) is 6.09. The fourth-order valence-corrected chi connectivity index (χ4v) is 3.44. The van der Waals surface area contributed by atoms with Crippen LogP contribution in [0.1, 0.15) is 5.56 Å². The topological polar surface area (TPSA) is 41.1 Å². The van der Waals surface area contributed by atoms with Gasteiger partial charge in [-0.3, -0.25) is 9.88 Å². The average molecular weight is 422 g/mol. The number of nitrogens with one attached hydrogen (secondary N) is 1. The summed E-state index contributed by atoms with van der Waals surface area (Å²) in [5.74, 6) is 0.650. The lowest BCUT2D eigenvalue weighted by molar-refractivity contribution is 0.0591. The molecule has 4 rings (SSSR count). The van der Waals surface area contributed by atoms with Crippen molar-refractivity contribution >= 4 is 49.9 Å². The van der Waals surface area contributed by atoms with Crippen molar-refractivity contribution in [2.24, 2.45) is 0 Å². The number of aromatic nitrogens is 2. The van der Waals surface area contributed by atoms with E-state index in [1.165, 1.54) is 0 Å². The van der Waals surface area contributed by atoms with Gasteiger partial charge in [-0.1, -0.05) is 17.7 Å². The predicted molar refractivity (Wildman–Crippen MR) is 102 cm³/mol. The van der Waals surface area contributed by atoms with E-state index >= 15 is 0 Å². The third-order valence-corrected chi connectivity index (χ3v) is 5.48. The van der Waals surface area contributed by atoms with E-state index in [0.717, 1.165) is 26.6 Å². The molecule has 1 aliphatic heterocycles. The Morgan fingerprint density at radius 1 is 1.28 bits per heavy atom. The van der Waals surface area contributed by atoms with Crippen molar-refractivity contribution in [3.05, 3.63) is 57.8 Å². The van der Waals surface area contributed by atoms with Gasteiger partial charge in [0, 0.05) is 41.9 Å². The predicted octanol–water partition coefficient (Wildman–Crippen LogP) is 4.94. The van der Waals surface area contributed by atoms with Crippen LogP contribution in [0.3, 0.4) is 0 Å². The summed E-state index contributed by atoms with van der Waals surface area (Å²) in [6.45, 7) is 1.72.